The van der Waals surface area contributed by atoms with Gasteiger partial charge in [0.15, 0.2) is 0 Å². The molecule has 12 heavy (non-hydrogen) atoms. The summed E-state index contributed by atoms with van der Waals surface area (Å²) in [6.45, 7) is 0. The predicted molar refractivity (Wildman–Crippen MR) is 47.8 cm³/mol. The fourth-order valence-corrected chi connectivity index (χ4v) is 1.26. The van der Waals surface area contributed by atoms with E-state index in [2.05, 4.69) is 15.9 Å². The second-order valence-corrected chi connectivity index (χ2v) is 3.33. The van der Waals surface area contributed by atoms with E-state index in [9.17, 15) is 4.79 Å². The lowest BCUT2D eigenvalue weighted by atomic mass is 10.2. The van der Waals surface area contributed by atoms with Crippen molar-refractivity contribution in [3.05, 3.63) is 27.2 Å². The summed E-state index contributed by atoms with van der Waals surface area (Å²) in [6.07, 6.45) is 0. The number of aromatic carboxylic acids is 1. The van der Waals surface area contributed by atoms with E-state index in [4.69, 9.17) is 21.8 Å². The molecule has 0 unspecified atom stereocenters. The van der Waals surface area contributed by atoms with Gasteiger partial charge in [0, 0.05) is 4.47 Å². The molecular formula is C7H4BrClO3. The maximum absolute atomic E-state index is 10.4. The van der Waals surface area contributed by atoms with E-state index in [1.165, 1.54) is 6.07 Å². The third-order valence-corrected chi connectivity index (χ3v) is 2.51. The molecule has 0 fully saturated rings. The van der Waals surface area contributed by atoms with Gasteiger partial charge in [0.2, 0.25) is 0 Å². The van der Waals surface area contributed by atoms with Crippen molar-refractivity contribution < 1.29 is 15.0 Å². The first kappa shape index (κ1) is 9.35. The Morgan fingerprint density at radius 3 is 2.50 bits per heavy atom. The molecule has 0 aliphatic carbocycles. The number of carboxylic acid groups (broad SMARTS) is 1. The minimum absolute atomic E-state index is 0.0104. The first-order valence-electron chi connectivity index (χ1n) is 2.93. The fraction of sp³-hybridized carbons (Fsp3) is 0. The molecule has 1 rings (SSSR count). The van der Waals surface area contributed by atoms with Crippen LogP contribution in [0.3, 0.4) is 0 Å². The molecule has 0 saturated heterocycles. The van der Waals surface area contributed by atoms with Crippen molar-refractivity contribution in [1.82, 2.24) is 0 Å². The third kappa shape index (κ3) is 1.70. The Bertz CT molecular complexity index is 314. The number of phenols is 1. The lowest BCUT2D eigenvalue weighted by Crippen LogP contribution is -1.95. The van der Waals surface area contributed by atoms with Crippen molar-refractivity contribution in [2.24, 2.45) is 0 Å². The molecule has 2 N–H and O–H groups in total. The molecule has 0 aromatic heterocycles. The van der Waals surface area contributed by atoms with Crippen LogP contribution in [-0.4, -0.2) is 16.2 Å². The molecule has 1 aromatic rings. The van der Waals surface area contributed by atoms with Gasteiger partial charge in [-0.15, -0.1) is 0 Å². The van der Waals surface area contributed by atoms with E-state index in [1.54, 1.807) is 0 Å². The van der Waals surface area contributed by atoms with Crippen LogP contribution in [0.25, 0.3) is 0 Å². The van der Waals surface area contributed by atoms with Crippen LogP contribution in [0.4, 0.5) is 0 Å². The van der Waals surface area contributed by atoms with E-state index in [0.29, 0.717) is 4.47 Å². The number of carboxylic acids is 1. The second kappa shape index (κ2) is 3.33. The number of phenolic OH excluding ortho intramolecular Hbond substituents is 1. The van der Waals surface area contributed by atoms with Crippen molar-refractivity contribution in [2.75, 3.05) is 0 Å². The minimum atomic E-state index is -1.11. The van der Waals surface area contributed by atoms with Gasteiger partial charge in [-0.25, -0.2) is 4.79 Å². The van der Waals surface area contributed by atoms with Gasteiger partial charge in [-0.3, -0.25) is 0 Å². The Morgan fingerprint density at radius 2 is 2.08 bits per heavy atom. The Kier molecular flexibility index (Phi) is 2.59. The summed E-state index contributed by atoms with van der Waals surface area (Å²) in [7, 11) is 0. The molecule has 0 radical (unpaired) electrons. The Hall–Kier alpha value is -0.740. The zero-order chi connectivity index (χ0) is 9.30. The molecule has 0 heterocycles. The topological polar surface area (TPSA) is 57.5 Å². The minimum Gasteiger partial charge on any atom is -0.506 e. The van der Waals surface area contributed by atoms with E-state index in [0.717, 1.165) is 6.07 Å². The van der Waals surface area contributed by atoms with Crippen molar-refractivity contribution >= 4 is 33.5 Å². The van der Waals surface area contributed by atoms with Gasteiger partial charge in [-0.05, 0) is 28.1 Å². The maximum Gasteiger partial charge on any atom is 0.335 e. The second-order valence-electron chi connectivity index (χ2n) is 2.10. The Balaban J connectivity index is 3.31. The lowest BCUT2D eigenvalue weighted by molar-refractivity contribution is 0.0696. The normalized spacial score (nSPS) is 9.83. The lowest BCUT2D eigenvalue weighted by Gasteiger charge is -2.00. The van der Waals surface area contributed by atoms with Crippen molar-refractivity contribution in [3.63, 3.8) is 0 Å². The van der Waals surface area contributed by atoms with Gasteiger partial charge in [0.05, 0.1) is 10.6 Å². The van der Waals surface area contributed by atoms with Gasteiger partial charge in [-0.2, -0.15) is 0 Å². The molecule has 0 spiro atoms. The number of rotatable bonds is 1. The summed E-state index contributed by atoms with van der Waals surface area (Å²) in [5.74, 6) is -1.36. The molecular weight excluding hydrogens is 247 g/mol. The van der Waals surface area contributed by atoms with E-state index in [1.807, 2.05) is 0 Å². The molecule has 64 valence electrons. The smallest absolute Gasteiger partial charge is 0.335 e. The number of carbonyl (C=O) groups is 1. The fourth-order valence-electron chi connectivity index (χ4n) is 0.698. The van der Waals surface area contributed by atoms with Gasteiger partial charge in [0.1, 0.15) is 5.75 Å². The van der Waals surface area contributed by atoms with Crippen LogP contribution in [0.1, 0.15) is 10.4 Å². The predicted octanol–water partition coefficient (Wildman–Crippen LogP) is 2.51. The Morgan fingerprint density at radius 1 is 1.50 bits per heavy atom. The SMILES string of the molecule is O=C(O)c1cc(O)c(Cl)c(Br)c1. The van der Waals surface area contributed by atoms with Gasteiger partial charge in [-0.1, -0.05) is 11.6 Å². The van der Waals surface area contributed by atoms with Gasteiger partial charge >= 0.3 is 5.97 Å². The summed E-state index contributed by atoms with van der Waals surface area (Å²) in [6, 6.07) is 2.42. The molecule has 0 aliphatic heterocycles. The first-order valence-corrected chi connectivity index (χ1v) is 4.10. The maximum atomic E-state index is 10.4. The number of benzene rings is 1. The van der Waals surface area contributed by atoms with Crippen molar-refractivity contribution in [3.8, 4) is 5.75 Å². The van der Waals surface area contributed by atoms with Crippen molar-refractivity contribution in [1.29, 1.82) is 0 Å². The van der Waals surface area contributed by atoms with Crippen LogP contribution >= 0.6 is 27.5 Å². The van der Waals surface area contributed by atoms with Crippen LogP contribution < -0.4 is 0 Å². The summed E-state index contributed by atoms with van der Waals surface area (Å²) < 4.78 is 0.363. The van der Waals surface area contributed by atoms with Crippen LogP contribution in [0, 0.1) is 0 Å². The first-order chi connectivity index (χ1) is 5.52. The van der Waals surface area contributed by atoms with Gasteiger partial charge < -0.3 is 10.2 Å². The molecule has 0 aliphatic rings. The highest BCUT2D eigenvalue weighted by Gasteiger charge is 2.10. The van der Waals surface area contributed by atoms with E-state index < -0.39 is 5.97 Å². The van der Waals surface area contributed by atoms with E-state index in [-0.39, 0.29) is 16.3 Å². The standard InChI is InChI=1S/C7H4BrClO3/c8-4-1-3(7(11)12)2-5(10)6(4)9/h1-2,10H,(H,11,12). The largest absolute Gasteiger partial charge is 0.506 e. The van der Waals surface area contributed by atoms with Crippen LogP contribution in [0.2, 0.25) is 5.02 Å². The number of halogens is 2. The quantitative estimate of drug-likeness (QED) is 0.806. The molecule has 3 nitrogen and oxygen atoms in total. The Labute approximate surface area is 81.7 Å². The zero-order valence-electron chi connectivity index (χ0n) is 5.71. The average Bonchev–Trinajstić information content (AvgIpc) is 1.99. The summed E-state index contributed by atoms with van der Waals surface area (Å²) in [5.41, 5.74) is -0.0104. The van der Waals surface area contributed by atoms with Crippen LogP contribution in [-0.2, 0) is 0 Å². The van der Waals surface area contributed by atoms with Crippen LogP contribution in [0.15, 0.2) is 16.6 Å². The van der Waals surface area contributed by atoms with Crippen LogP contribution in [0.5, 0.6) is 5.75 Å². The number of hydrogen-bond acceptors (Lipinski definition) is 2. The average molecular weight is 251 g/mol. The number of hydrogen-bond donors (Lipinski definition) is 2. The zero-order valence-corrected chi connectivity index (χ0v) is 8.06. The monoisotopic (exact) mass is 250 g/mol. The summed E-state index contributed by atoms with van der Waals surface area (Å²) in [5, 5.41) is 17.8. The number of aromatic hydroxyl groups is 1. The highest BCUT2D eigenvalue weighted by molar-refractivity contribution is 9.10. The van der Waals surface area contributed by atoms with E-state index >= 15 is 0 Å². The molecule has 0 atom stereocenters. The molecule has 5 heteroatoms. The van der Waals surface area contributed by atoms with Gasteiger partial charge in [0.25, 0.3) is 0 Å². The third-order valence-electron chi connectivity index (χ3n) is 1.26. The molecule has 0 amide bonds. The van der Waals surface area contributed by atoms with Crippen molar-refractivity contribution in [2.45, 2.75) is 0 Å². The molecule has 1 aromatic carbocycles. The summed E-state index contributed by atoms with van der Waals surface area (Å²) >= 11 is 8.57. The molecule has 0 bridgehead atoms. The highest BCUT2D eigenvalue weighted by Crippen LogP contribution is 2.32. The molecule has 0 saturated carbocycles. The summed E-state index contributed by atoms with van der Waals surface area (Å²) in [4.78, 5) is 10.4. The highest BCUT2D eigenvalue weighted by atomic mass is 79.9.